The summed E-state index contributed by atoms with van der Waals surface area (Å²) in [5.41, 5.74) is 2.01. The van der Waals surface area contributed by atoms with Crippen LogP contribution in [0.4, 0.5) is 10.1 Å². The summed E-state index contributed by atoms with van der Waals surface area (Å²) in [5.74, 6) is 0.983. The van der Waals surface area contributed by atoms with E-state index in [0.717, 1.165) is 16.8 Å². The predicted molar refractivity (Wildman–Crippen MR) is 77.1 cm³/mol. The summed E-state index contributed by atoms with van der Waals surface area (Å²) in [6.45, 7) is 0.249. The molecule has 0 aliphatic carbocycles. The maximum atomic E-state index is 14.0. The van der Waals surface area contributed by atoms with Crippen molar-refractivity contribution in [2.45, 2.75) is 11.6 Å². The summed E-state index contributed by atoms with van der Waals surface area (Å²) in [4.78, 5) is 12.7. The van der Waals surface area contributed by atoms with E-state index in [-0.39, 0.29) is 19.1 Å². The molecule has 1 spiro atoms. The van der Waals surface area contributed by atoms with Crippen LogP contribution in [0, 0.1) is 0 Å². The Morgan fingerprint density at radius 1 is 1.14 bits per heavy atom. The van der Waals surface area contributed by atoms with Crippen LogP contribution in [0.3, 0.4) is 0 Å². The normalized spacial score (nSPS) is 27.0. The minimum absolute atomic E-state index is 0.0218. The number of anilines is 1. The first kappa shape index (κ1) is 12.0. The summed E-state index contributed by atoms with van der Waals surface area (Å²) in [7, 11) is 0. The van der Waals surface area contributed by atoms with Gasteiger partial charge in [-0.2, -0.15) is 0 Å². The van der Waals surface area contributed by atoms with Crippen LogP contribution in [0.2, 0.25) is 0 Å². The van der Waals surface area contributed by atoms with Gasteiger partial charge in [0.2, 0.25) is 5.91 Å². The molecular weight excluding hydrogens is 285 g/mol. The van der Waals surface area contributed by atoms with Crippen LogP contribution in [0.25, 0.3) is 0 Å². The first-order valence-electron chi connectivity index (χ1n) is 7.19. The van der Waals surface area contributed by atoms with Crippen molar-refractivity contribution >= 4 is 11.6 Å². The molecule has 0 saturated heterocycles. The number of alkyl halides is 1. The Labute approximate surface area is 125 Å². The van der Waals surface area contributed by atoms with Gasteiger partial charge in [-0.05, 0) is 17.7 Å². The fraction of sp³-hybridized carbons (Fsp3) is 0.235. The summed E-state index contributed by atoms with van der Waals surface area (Å²) in [6, 6.07) is 11.0. The third-order valence-electron chi connectivity index (χ3n) is 4.76. The molecule has 110 valence electrons. The quantitative estimate of drug-likeness (QED) is 0.813. The lowest BCUT2D eigenvalue weighted by atomic mass is 9.76. The van der Waals surface area contributed by atoms with Crippen LogP contribution >= 0.6 is 0 Å². The molecule has 22 heavy (non-hydrogen) atoms. The monoisotopic (exact) mass is 297 g/mol. The Balaban J connectivity index is 1.78. The molecule has 2 aromatic rings. The molecule has 0 radical (unpaired) electrons. The number of halogens is 1. The summed E-state index contributed by atoms with van der Waals surface area (Å²) in [5, 5.41) is 2.91. The second-order valence-corrected chi connectivity index (χ2v) is 5.86. The minimum Gasteiger partial charge on any atom is -0.491 e. The van der Waals surface area contributed by atoms with Crippen molar-refractivity contribution in [3.63, 3.8) is 0 Å². The standard InChI is InChI=1S/C17H12FNO3/c18-12-7-21-14-6-15-11(5-9(12)14)17(8-22-15)10-3-1-2-4-13(10)19-16(17)20/h1-6,12H,7-8H2,(H,19,20). The van der Waals surface area contributed by atoms with Crippen LogP contribution in [-0.4, -0.2) is 19.1 Å². The van der Waals surface area contributed by atoms with E-state index in [9.17, 15) is 9.18 Å². The third kappa shape index (κ3) is 1.25. The Bertz CT molecular complexity index is 835. The second-order valence-electron chi connectivity index (χ2n) is 5.86. The molecule has 2 atom stereocenters. The smallest absolute Gasteiger partial charge is 0.243 e. The average Bonchev–Trinajstić information content (AvgIpc) is 3.16. The lowest BCUT2D eigenvalue weighted by molar-refractivity contribution is -0.119. The number of nitrogens with one attached hydrogen (secondary N) is 1. The fourth-order valence-corrected chi connectivity index (χ4v) is 3.64. The van der Waals surface area contributed by atoms with Gasteiger partial charge in [0, 0.05) is 22.9 Å². The van der Waals surface area contributed by atoms with Gasteiger partial charge in [-0.3, -0.25) is 4.79 Å². The molecule has 3 heterocycles. The van der Waals surface area contributed by atoms with Gasteiger partial charge in [-0.1, -0.05) is 18.2 Å². The molecule has 0 saturated carbocycles. The van der Waals surface area contributed by atoms with E-state index in [2.05, 4.69) is 5.32 Å². The molecule has 1 amide bonds. The van der Waals surface area contributed by atoms with Crippen LogP contribution in [0.15, 0.2) is 36.4 Å². The van der Waals surface area contributed by atoms with Gasteiger partial charge in [-0.25, -0.2) is 4.39 Å². The van der Waals surface area contributed by atoms with E-state index in [4.69, 9.17) is 9.47 Å². The van der Waals surface area contributed by atoms with Crippen molar-refractivity contribution in [1.29, 1.82) is 0 Å². The molecule has 2 unspecified atom stereocenters. The zero-order valence-corrected chi connectivity index (χ0v) is 11.6. The molecule has 0 fully saturated rings. The number of carbonyl (C=O) groups is 1. The summed E-state index contributed by atoms with van der Waals surface area (Å²) in [6.07, 6.45) is -1.15. The van der Waals surface area contributed by atoms with E-state index < -0.39 is 11.6 Å². The van der Waals surface area contributed by atoms with Crippen molar-refractivity contribution in [3.05, 3.63) is 53.1 Å². The molecule has 0 bridgehead atoms. The molecule has 5 heteroatoms. The fourth-order valence-electron chi connectivity index (χ4n) is 3.64. The summed E-state index contributed by atoms with van der Waals surface area (Å²) < 4.78 is 25.1. The van der Waals surface area contributed by atoms with Gasteiger partial charge in [-0.15, -0.1) is 0 Å². The first-order valence-corrected chi connectivity index (χ1v) is 7.19. The maximum absolute atomic E-state index is 14.0. The van der Waals surface area contributed by atoms with Gasteiger partial charge in [0.05, 0.1) is 0 Å². The Hall–Kier alpha value is -2.56. The zero-order chi connectivity index (χ0) is 14.9. The highest BCUT2D eigenvalue weighted by Crippen LogP contribution is 2.53. The number of para-hydroxylation sites is 1. The first-order chi connectivity index (χ1) is 10.7. The SMILES string of the molecule is O=C1Nc2ccccc2C12COc1cc3c(cc12)C(F)CO3. The highest BCUT2D eigenvalue weighted by Gasteiger charge is 2.54. The highest BCUT2D eigenvalue weighted by molar-refractivity contribution is 6.09. The molecule has 3 aliphatic rings. The van der Waals surface area contributed by atoms with Gasteiger partial charge < -0.3 is 14.8 Å². The number of benzene rings is 2. The minimum atomic E-state index is -1.15. The predicted octanol–water partition coefficient (Wildman–Crippen LogP) is 2.72. The van der Waals surface area contributed by atoms with Crippen molar-refractivity contribution in [3.8, 4) is 11.5 Å². The number of fused-ring (bicyclic) bond motifs is 5. The number of hydrogen-bond donors (Lipinski definition) is 1. The van der Waals surface area contributed by atoms with Crippen LogP contribution in [-0.2, 0) is 10.2 Å². The molecule has 4 nitrogen and oxygen atoms in total. The molecule has 0 aromatic heterocycles. The van der Waals surface area contributed by atoms with Gasteiger partial charge in [0.15, 0.2) is 6.17 Å². The van der Waals surface area contributed by atoms with E-state index in [1.54, 1.807) is 12.1 Å². The van der Waals surface area contributed by atoms with Crippen molar-refractivity contribution in [2.75, 3.05) is 18.5 Å². The van der Waals surface area contributed by atoms with Gasteiger partial charge in [0.1, 0.15) is 30.1 Å². The van der Waals surface area contributed by atoms with Gasteiger partial charge >= 0.3 is 0 Å². The Morgan fingerprint density at radius 3 is 2.91 bits per heavy atom. The Morgan fingerprint density at radius 2 is 2.00 bits per heavy atom. The van der Waals surface area contributed by atoms with Crippen LogP contribution < -0.4 is 14.8 Å². The van der Waals surface area contributed by atoms with Crippen LogP contribution in [0.5, 0.6) is 11.5 Å². The van der Waals surface area contributed by atoms with Crippen molar-refractivity contribution in [2.24, 2.45) is 0 Å². The Kier molecular flexibility index (Phi) is 2.08. The second kappa shape index (κ2) is 3.80. The van der Waals surface area contributed by atoms with Crippen molar-refractivity contribution < 1.29 is 18.7 Å². The lowest BCUT2D eigenvalue weighted by Gasteiger charge is -2.20. The maximum Gasteiger partial charge on any atom is 0.243 e. The number of amides is 1. The van der Waals surface area contributed by atoms with Gasteiger partial charge in [0.25, 0.3) is 0 Å². The largest absolute Gasteiger partial charge is 0.491 e. The van der Waals surface area contributed by atoms with E-state index in [1.807, 2.05) is 24.3 Å². The molecule has 5 rings (SSSR count). The van der Waals surface area contributed by atoms with E-state index in [0.29, 0.717) is 17.1 Å². The average molecular weight is 297 g/mol. The molecule has 3 aliphatic heterocycles. The van der Waals surface area contributed by atoms with E-state index in [1.165, 1.54) is 0 Å². The summed E-state index contributed by atoms with van der Waals surface area (Å²) >= 11 is 0. The number of hydrogen-bond acceptors (Lipinski definition) is 3. The van der Waals surface area contributed by atoms with Crippen molar-refractivity contribution in [1.82, 2.24) is 0 Å². The third-order valence-corrected chi connectivity index (χ3v) is 4.76. The topological polar surface area (TPSA) is 47.6 Å². The molecule has 2 aromatic carbocycles. The highest BCUT2D eigenvalue weighted by atomic mass is 19.1. The zero-order valence-electron chi connectivity index (χ0n) is 11.6. The van der Waals surface area contributed by atoms with E-state index >= 15 is 0 Å². The van der Waals surface area contributed by atoms with Crippen LogP contribution in [0.1, 0.15) is 22.9 Å². The lowest BCUT2D eigenvalue weighted by Crippen LogP contribution is -2.37. The number of rotatable bonds is 0. The molecule has 1 N–H and O–H groups in total. The number of ether oxygens (including phenoxy) is 2. The molecular formula is C17H12FNO3. The number of carbonyl (C=O) groups excluding carboxylic acids is 1.